The smallest absolute Gasteiger partial charge is 0.245 e. The van der Waals surface area contributed by atoms with E-state index in [1.807, 2.05) is 0 Å². The normalized spacial score (nSPS) is 14.4. The quantitative estimate of drug-likeness (QED) is 0.332. The number of hydrogen-bond acceptors (Lipinski definition) is 6. The van der Waals surface area contributed by atoms with Crippen LogP contribution in [-0.2, 0) is 19.4 Å². The van der Waals surface area contributed by atoms with Crippen molar-refractivity contribution in [1.29, 1.82) is 0 Å². The fraction of sp³-hybridized carbons (Fsp3) is 0.125. The van der Waals surface area contributed by atoms with E-state index in [1.54, 1.807) is 54.6 Å². The van der Waals surface area contributed by atoms with Crippen LogP contribution in [0.1, 0.15) is 12.8 Å². The highest BCUT2D eigenvalue weighted by Gasteiger charge is 2.38. The third kappa shape index (κ3) is 3.77. The second kappa shape index (κ2) is 8.23. The highest BCUT2D eigenvalue weighted by molar-refractivity contribution is 7.90. The minimum absolute atomic E-state index is 0.0100. The monoisotopic (exact) mass is 514 g/mol. The summed E-state index contributed by atoms with van der Waals surface area (Å²) in [5.41, 5.74) is 2.22. The first-order valence-corrected chi connectivity index (χ1v) is 12.8. The maximum absolute atomic E-state index is 12.6. The van der Waals surface area contributed by atoms with E-state index in [2.05, 4.69) is 4.98 Å². The average molecular weight is 515 g/mol. The minimum Gasteiger partial charge on any atom is -0.424 e. The third-order valence-electron chi connectivity index (χ3n) is 5.52. The highest BCUT2D eigenvalue weighted by Crippen LogP contribution is 2.43. The Kier molecular flexibility index (Phi) is 5.47. The number of anilines is 1. The summed E-state index contributed by atoms with van der Waals surface area (Å²) in [7, 11) is -3.94. The van der Waals surface area contributed by atoms with Crippen LogP contribution < -0.4 is 4.90 Å². The predicted molar refractivity (Wildman–Crippen MR) is 130 cm³/mol. The van der Waals surface area contributed by atoms with Crippen molar-refractivity contribution in [2.24, 2.45) is 0 Å². The number of rotatable bonds is 4. The number of carbonyl (C=O) groups is 2. The maximum atomic E-state index is 12.6. The molecule has 0 atom stereocenters. The first-order valence-electron chi connectivity index (χ1n) is 10.2. The van der Waals surface area contributed by atoms with Crippen LogP contribution in [-0.4, -0.2) is 31.5 Å². The lowest BCUT2D eigenvalue weighted by Gasteiger charge is -2.15. The zero-order valence-electron chi connectivity index (χ0n) is 17.7. The molecule has 0 spiro atoms. The van der Waals surface area contributed by atoms with Gasteiger partial charge in [-0.3, -0.25) is 9.59 Å². The van der Waals surface area contributed by atoms with Gasteiger partial charge in [0.1, 0.15) is 5.69 Å². The summed E-state index contributed by atoms with van der Waals surface area (Å²) in [4.78, 5) is 30.6. The Hall–Kier alpha value is -3.20. The summed E-state index contributed by atoms with van der Waals surface area (Å²) in [6, 6.07) is 15.7. The van der Waals surface area contributed by atoms with E-state index in [-0.39, 0.29) is 29.6 Å². The van der Waals surface area contributed by atoms with E-state index in [1.165, 1.54) is 0 Å². The molecule has 172 valence electrons. The van der Waals surface area contributed by atoms with E-state index in [0.717, 1.165) is 16.7 Å². The lowest BCUT2D eigenvalue weighted by Crippen LogP contribution is -2.29. The summed E-state index contributed by atoms with van der Waals surface area (Å²) in [5, 5.41) is 0.708. The van der Waals surface area contributed by atoms with Crippen molar-refractivity contribution in [2.45, 2.75) is 17.9 Å². The second-order valence-corrected chi connectivity index (χ2v) is 10.6. The Balaban J connectivity index is 1.90. The van der Waals surface area contributed by atoms with Gasteiger partial charge < -0.3 is 4.42 Å². The van der Waals surface area contributed by atoms with Gasteiger partial charge in [0.15, 0.2) is 0 Å². The maximum Gasteiger partial charge on any atom is 0.245 e. The Labute approximate surface area is 204 Å². The number of pyridine rings is 1. The number of halogens is 2. The van der Waals surface area contributed by atoms with Crippen molar-refractivity contribution >= 4 is 61.6 Å². The number of benzene rings is 2. The molecule has 4 aromatic rings. The zero-order chi connectivity index (χ0) is 24.2. The first-order chi connectivity index (χ1) is 16.1. The van der Waals surface area contributed by atoms with E-state index >= 15 is 0 Å². The highest BCUT2D eigenvalue weighted by atomic mass is 35.5. The van der Waals surface area contributed by atoms with Crippen LogP contribution in [0, 0.1) is 0 Å². The molecule has 0 radical (unpaired) electrons. The average Bonchev–Trinajstić information content (AvgIpc) is 3.32. The molecule has 3 heterocycles. The van der Waals surface area contributed by atoms with Gasteiger partial charge >= 0.3 is 0 Å². The van der Waals surface area contributed by atoms with Crippen molar-refractivity contribution in [3.63, 3.8) is 0 Å². The van der Waals surface area contributed by atoms with Crippen LogP contribution >= 0.6 is 23.2 Å². The number of imide groups is 1. The van der Waals surface area contributed by atoms with Gasteiger partial charge in [0.25, 0.3) is 0 Å². The predicted octanol–water partition coefficient (Wildman–Crippen LogP) is 5.53. The standard InChI is InChI=1S/C24H16Cl2N2O5S/c1-34(31,32)24-22(28-19(29)10-11-20(28)30)17-12-16(13-6-8-14(25)9-7-13)21(27-23(17)33-24)15-4-2-3-5-18(15)26/h2-9,12H,10-11H2,1H3. The summed E-state index contributed by atoms with van der Waals surface area (Å²) in [6.45, 7) is 0. The van der Waals surface area contributed by atoms with Gasteiger partial charge in [-0.15, -0.1) is 0 Å². The molecule has 1 aliphatic rings. The molecular weight excluding hydrogens is 499 g/mol. The van der Waals surface area contributed by atoms with Crippen LogP contribution in [0.15, 0.2) is 64.1 Å². The largest absolute Gasteiger partial charge is 0.424 e. The number of carbonyl (C=O) groups excluding carboxylic acids is 2. The molecule has 1 aliphatic heterocycles. The number of aromatic nitrogens is 1. The van der Waals surface area contributed by atoms with Crippen molar-refractivity contribution in [3.8, 4) is 22.4 Å². The molecule has 0 bridgehead atoms. The number of hydrogen-bond donors (Lipinski definition) is 0. The van der Waals surface area contributed by atoms with Crippen LogP contribution in [0.5, 0.6) is 0 Å². The zero-order valence-corrected chi connectivity index (χ0v) is 20.0. The van der Waals surface area contributed by atoms with Crippen LogP contribution in [0.3, 0.4) is 0 Å². The molecule has 5 rings (SSSR count). The van der Waals surface area contributed by atoms with Crippen molar-refractivity contribution < 1.29 is 22.4 Å². The fourth-order valence-corrected chi connectivity index (χ4v) is 5.12. The molecule has 0 aliphatic carbocycles. The molecule has 34 heavy (non-hydrogen) atoms. The molecule has 1 fully saturated rings. The van der Waals surface area contributed by atoms with Gasteiger partial charge in [-0.25, -0.2) is 18.3 Å². The number of sulfone groups is 1. The van der Waals surface area contributed by atoms with E-state index in [4.69, 9.17) is 27.6 Å². The second-order valence-electron chi connectivity index (χ2n) is 7.86. The van der Waals surface area contributed by atoms with Gasteiger partial charge in [-0.1, -0.05) is 53.5 Å². The van der Waals surface area contributed by atoms with Crippen molar-refractivity contribution in [2.75, 3.05) is 11.2 Å². The Morgan fingerprint density at radius 1 is 0.941 bits per heavy atom. The fourth-order valence-electron chi connectivity index (χ4n) is 3.99. The molecule has 10 heteroatoms. The van der Waals surface area contributed by atoms with E-state index < -0.39 is 26.7 Å². The number of furan rings is 1. The molecule has 2 amide bonds. The van der Waals surface area contributed by atoms with Crippen LogP contribution in [0.2, 0.25) is 10.0 Å². The van der Waals surface area contributed by atoms with Gasteiger partial charge in [0.05, 0.1) is 11.1 Å². The van der Waals surface area contributed by atoms with Crippen molar-refractivity contribution in [3.05, 3.63) is 64.6 Å². The summed E-state index contributed by atoms with van der Waals surface area (Å²) >= 11 is 12.5. The molecule has 7 nitrogen and oxygen atoms in total. The van der Waals surface area contributed by atoms with Gasteiger partial charge in [0, 0.05) is 40.3 Å². The number of nitrogens with zero attached hydrogens (tertiary/aromatic N) is 2. The van der Waals surface area contributed by atoms with Crippen LogP contribution in [0.25, 0.3) is 33.5 Å². The molecule has 0 saturated carbocycles. The molecular formula is C24H16Cl2N2O5S. The molecule has 2 aromatic carbocycles. The molecule has 2 aromatic heterocycles. The topological polar surface area (TPSA) is 97.6 Å². The summed E-state index contributed by atoms with van der Waals surface area (Å²) in [5.74, 6) is -0.998. The molecule has 1 saturated heterocycles. The van der Waals surface area contributed by atoms with Crippen molar-refractivity contribution in [1.82, 2.24) is 4.98 Å². The van der Waals surface area contributed by atoms with E-state index in [9.17, 15) is 18.0 Å². The van der Waals surface area contributed by atoms with Gasteiger partial charge in [-0.05, 0) is 29.8 Å². The summed E-state index contributed by atoms with van der Waals surface area (Å²) < 4.78 is 30.9. The number of amides is 2. The van der Waals surface area contributed by atoms with Gasteiger partial charge in [-0.2, -0.15) is 0 Å². The number of fused-ring (bicyclic) bond motifs is 1. The summed E-state index contributed by atoms with van der Waals surface area (Å²) in [6.07, 6.45) is 0.933. The lowest BCUT2D eigenvalue weighted by atomic mass is 9.98. The first kappa shape index (κ1) is 22.6. The molecule has 0 unspecified atom stereocenters. The lowest BCUT2D eigenvalue weighted by molar-refractivity contribution is -0.121. The van der Waals surface area contributed by atoms with E-state index in [0.29, 0.717) is 26.9 Å². The Morgan fingerprint density at radius 3 is 2.21 bits per heavy atom. The SMILES string of the molecule is CS(=O)(=O)c1oc2nc(-c3ccccc3Cl)c(-c3ccc(Cl)cc3)cc2c1N1C(=O)CCC1=O. The Morgan fingerprint density at radius 2 is 1.59 bits per heavy atom. The van der Waals surface area contributed by atoms with Crippen LogP contribution in [0.4, 0.5) is 5.69 Å². The third-order valence-corrected chi connectivity index (χ3v) is 7.05. The van der Waals surface area contributed by atoms with Gasteiger partial charge in [0.2, 0.25) is 32.5 Å². The molecule has 0 N–H and O–H groups in total. The Bertz CT molecular complexity index is 1580. The minimum atomic E-state index is -3.94.